The Kier molecular flexibility index (Phi) is 2.86. The topological polar surface area (TPSA) is 107 Å². The van der Waals surface area contributed by atoms with Gasteiger partial charge in [0.25, 0.3) is 0 Å². The van der Waals surface area contributed by atoms with Gasteiger partial charge in [-0.2, -0.15) is 4.98 Å². The van der Waals surface area contributed by atoms with Gasteiger partial charge in [0.1, 0.15) is 17.9 Å². The fraction of sp³-hybridized carbons (Fsp3) is 0.154. The Balaban J connectivity index is 1.87. The minimum atomic E-state index is -0.379. The molecule has 0 bridgehead atoms. The van der Waals surface area contributed by atoms with Gasteiger partial charge in [-0.15, -0.1) is 5.10 Å². The van der Waals surface area contributed by atoms with Crippen molar-refractivity contribution in [3.63, 3.8) is 0 Å². The molecule has 20 heavy (non-hydrogen) atoms. The van der Waals surface area contributed by atoms with Crippen LogP contribution >= 0.6 is 0 Å². The van der Waals surface area contributed by atoms with Crippen molar-refractivity contribution in [3.8, 4) is 5.75 Å². The first kappa shape index (κ1) is 12.2. The second kappa shape index (κ2) is 4.69. The Morgan fingerprint density at radius 2 is 2.25 bits per heavy atom. The van der Waals surface area contributed by atoms with Gasteiger partial charge in [-0.05, 0) is 24.6 Å². The van der Waals surface area contributed by atoms with Crippen LogP contribution in [0.3, 0.4) is 0 Å². The fourth-order valence-corrected chi connectivity index (χ4v) is 1.92. The average molecular weight is 272 g/mol. The molecule has 3 aromatic rings. The monoisotopic (exact) mass is 272 g/mol. The SMILES string of the molecule is Cc1cc(=O)oc2cc(OCc3nc(N)n[nH]3)ccc12. The first-order chi connectivity index (χ1) is 9.61. The number of fused-ring (bicyclic) bond motifs is 1. The van der Waals surface area contributed by atoms with Crippen LogP contribution in [-0.2, 0) is 6.61 Å². The zero-order valence-corrected chi connectivity index (χ0v) is 10.7. The first-order valence-corrected chi connectivity index (χ1v) is 5.96. The number of nitrogens with two attached hydrogens (primary N) is 1. The summed E-state index contributed by atoms with van der Waals surface area (Å²) >= 11 is 0. The smallest absolute Gasteiger partial charge is 0.336 e. The predicted octanol–water partition coefficient (Wildman–Crippen LogP) is 1.38. The lowest BCUT2D eigenvalue weighted by Crippen LogP contribution is -2.00. The summed E-state index contributed by atoms with van der Waals surface area (Å²) in [6.45, 7) is 2.06. The number of aryl methyl sites for hydroxylation is 1. The molecule has 0 aliphatic rings. The second-order valence-electron chi connectivity index (χ2n) is 4.34. The van der Waals surface area contributed by atoms with E-state index in [1.54, 1.807) is 12.1 Å². The number of nitrogens with zero attached hydrogens (tertiary/aromatic N) is 2. The Hall–Kier alpha value is -2.83. The maximum atomic E-state index is 11.4. The zero-order chi connectivity index (χ0) is 14.1. The van der Waals surface area contributed by atoms with E-state index < -0.39 is 0 Å². The molecule has 0 saturated heterocycles. The van der Waals surface area contributed by atoms with Gasteiger partial charge in [0.05, 0.1) is 0 Å². The number of rotatable bonds is 3. The van der Waals surface area contributed by atoms with Gasteiger partial charge in [-0.1, -0.05) is 0 Å². The molecular formula is C13H12N4O3. The minimum Gasteiger partial charge on any atom is -0.485 e. The number of anilines is 1. The van der Waals surface area contributed by atoms with Crippen LogP contribution in [0.5, 0.6) is 5.75 Å². The predicted molar refractivity (Wildman–Crippen MR) is 72.3 cm³/mol. The van der Waals surface area contributed by atoms with E-state index in [1.165, 1.54) is 6.07 Å². The third-order valence-corrected chi connectivity index (χ3v) is 2.85. The van der Waals surface area contributed by atoms with Crippen LogP contribution in [0, 0.1) is 6.92 Å². The van der Waals surface area contributed by atoms with Crippen LogP contribution in [0.1, 0.15) is 11.4 Å². The highest BCUT2D eigenvalue weighted by Crippen LogP contribution is 2.22. The normalized spacial score (nSPS) is 10.8. The Bertz CT molecular complexity index is 822. The fourth-order valence-electron chi connectivity index (χ4n) is 1.92. The molecule has 2 heterocycles. The van der Waals surface area contributed by atoms with Gasteiger partial charge in [-0.3, -0.25) is 5.10 Å². The largest absolute Gasteiger partial charge is 0.485 e. The highest BCUT2D eigenvalue weighted by molar-refractivity contribution is 5.81. The van der Waals surface area contributed by atoms with Crippen molar-refractivity contribution in [2.45, 2.75) is 13.5 Å². The molecule has 2 aromatic heterocycles. The van der Waals surface area contributed by atoms with Gasteiger partial charge < -0.3 is 14.9 Å². The van der Waals surface area contributed by atoms with Crippen LogP contribution in [-0.4, -0.2) is 15.2 Å². The number of aromatic nitrogens is 3. The number of H-pyrrole nitrogens is 1. The van der Waals surface area contributed by atoms with Crippen molar-refractivity contribution in [2.75, 3.05) is 5.73 Å². The summed E-state index contributed by atoms with van der Waals surface area (Å²) in [4.78, 5) is 15.3. The quantitative estimate of drug-likeness (QED) is 0.697. The van der Waals surface area contributed by atoms with Crippen LogP contribution in [0.15, 0.2) is 33.5 Å². The second-order valence-corrected chi connectivity index (χ2v) is 4.34. The summed E-state index contributed by atoms with van der Waals surface area (Å²) in [6.07, 6.45) is 0. The van der Waals surface area contributed by atoms with Crippen LogP contribution in [0.4, 0.5) is 5.95 Å². The van der Waals surface area contributed by atoms with Crippen molar-refractivity contribution in [2.24, 2.45) is 0 Å². The van der Waals surface area contributed by atoms with Crippen LogP contribution < -0.4 is 16.1 Å². The maximum Gasteiger partial charge on any atom is 0.336 e. The molecule has 3 N–H and O–H groups in total. The molecular weight excluding hydrogens is 260 g/mol. The van der Waals surface area contributed by atoms with Crippen LogP contribution in [0.2, 0.25) is 0 Å². The van der Waals surface area contributed by atoms with Crippen molar-refractivity contribution < 1.29 is 9.15 Å². The number of aromatic amines is 1. The van der Waals surface area contributed by atoms with Gasteiger partial charge in [0, 0.05) is 17.5 Å². The molecule has 7 heteroatoms. The molecule has 3 rings (SSSR count). The van der Waals surface area contributed by atoms with E-state index in [2.05, 4.69) is 15.2 Å². The zero-order valence-electron chi connectivity index (χ0n) is 10.7. The van der Waals surface area contributed by atoms with Crippen molar-refractivity contribution in [1.29, 1.82) is 0 Å². The molecule has 0 atom stereocenters. The molecule has 0 fully saturated rings. The van der Waals surface area contributed by atoms with E-state index in [4.69, 9.17) is 14.9 Å². The Morgan fingerprint density at radius 1 is 1.40 bits per heavy atom. The summed E-state index contributed by atoms with van der Waals surface area (Å²) < 4.78 is 10.7. The molecule has 0 unspecified atom stereocenters. The summed E-state index contributed by atoms with van der Waals surface area (Å²) in [5.74, 6) is 1.26. The van der Waals surface area contributed by atoms with Crippen molar-refractivity contribution >= 4 is 16.9 Å². The molecule has 0 spiro atoms. The Labute approximate surface area is 113 Å². The van der Waals surface area contributed by atoms with E-state index in [0.29, 0.717) is 17.2 Å². The van der Waals surface area contributed by atoms with E-state index in [0.717, 1.165) is 10.9 Å². The molecule has 0 aliphatic carbocycles. The lowest BCUT2D eigenvalue weighted by atomic mass is 10.1. The number of hydrogen-bond acceptors (Lipinski definition) is 6. The third-order valence-electron chi connectivity index (χ3n) is 2.85. The highest BCUT2D eigenvalue weighted by atomic mass is 16.5. The lowest BCUT2D eigenvalue weighted by molar-refractivity contribution is 0.296. The molecule has 0 radical (unpaired) electrons. The summed E-state index contributed by atoms with van der Waals surface area (Å²) in [5.41, 5.74) is 6.37. The summed E-state index contributed by atoms with van der Waals surface area (Å²) in [6, 6.07) is 6.77. The van der Waals surface area contributed by atoms with E-state index in [1.807, 2.05) is 13.0 Å². The molecule has 102 valence electrons. The van der Waals surface area contributed by atoms with Crippen molar-refractivity contribution in [3.05, 3.63) is 46.1 Å². The molecule has 1 aromatic carbocycles. The van der Waals surface area contributed by atoms with E-state index in [9.17, 15) is 4.79 Å². The van der Waals surface area contributed by atoms with Gasteiger partial charge >= 0.3 is 5.63 Å². The van der Waals surface area contributed by atoms with Gasteiger partial charge in [0.2, 0.25) is 5.95 Å². The highest BCUT2D eigenvalue weighted by Gasteiger charge is 2.05. The van der Waals surface area contributed by atoms with Gasteiger partial charge in [0.15, 0.2) is 5.82 Å². The number of nitrogens with one attached hydrogen (secondary N) is 1. The lowest BCUT2D eigenvalue weighted by Gasteiger charge is -2.05. The van der Waals surface area contributed by atoms with Crippen LogP contribution in [0.25, 0.3) is 11.0 Å². The number of hydrogen-bond donors (Lipinski definition) is 2. The third kappa shape index (κ3) is 2.33. The molecule has 0 amide bonds. The standard InChI is InChI=1S/C13H12N4O3/c1-7-4-12(18)20-10-5-8(2-3-9(7)10)19-6-11-15-13(14)17-16-11/h2-5H,6H2,1H3,(H3,14,15,16,17). The first-order valence-electron chi connectivity index (χ1n) is 5.96. The van der Waals surface area contributed by atoms with E-state index in [-0.39, 0.29) is 18.2 Å². The Morgan fingerprint density at radius 3 is 3.00 bits per heavy atom. The number of ether oxygens (including phenoxy) is 1. The van der Waals surface area contributed by atoms with Gasteiger partial charge in [-0.25, -0.2) is 4.79 Å². The average Bonchev–Trinajstić information content (AvgIpc) is 2.81. The summed E-state index contributed by atoms with van der Waals surface area (Å²) in [7, 11) is 0. The number of benzene rings is 1. The minimum absolute atomic E-state index is 0.170. The summed E-state index contributed by atoms with van der Waals surface area (Å²) in [5, 5.41) is 7.23. The maximum absolute atomic E-state index is 11.4. The van der Waals surface area contributed by atoms with E-state index >= 15 is 0 Å². The molecule has 0 aliphatic heterocycles. The molecule has 7 nitrogen and oxygen atoms in total. The van der Waals surface area contributed by atoms with Crippen molar-refractivity contribution in [1.82, 2.24) is 15.2 Å². The number of nitrogen functional groups attached to an aromatic ring is 1. The molecule has 0 saturated carbocycles.